The van der Waals surface area contributed by atoms with Crippen molar-refractivity contribution < 1.29 is 4.79 Å². The quantitative estimate of drug-likeness (QED) is 0.328. The number of fused-ring (bicyclic) bond motifs is 1. The summed E-state index contributed by atoms with van der Waals surface area (Å²) in [6.07, 6.45) is -0.291. The van der Waals surface area contributed by atoms with E-state index in [9.17, 15) is 4.79 Å². The van der Waals surface area contributed by atoms with Gasteiger partial charge in [-0.15, -0.1) is 0 Å². The molecule has 4 heteroatoms. The van der Waals surface area contributed by atoms with Crippen LogP contribution in [0.3, 0.4) is 0 Å². The van der Waals surface area contributed by atoms with Gasteiger partial charge in [-0.25, -0.2) is 0 Å². The smallest absolute Gasteiger partial charge is 0.262 e. The molecule has 152 valence electrons. The largest absolute Gasteiger partial charge is 0.342 e. The van der Waals surface area contributed by atoms with Crippen molar-refractivity contribution in [3.63, 3.8) is 0 Å². The Morgan fingerprint density at radius 1 is 0.710 bits per heavy atom. The maximum absolute atomic E-state index is 13.8. The predicted molar refractivity (Wildman–Crippen MR) is 129 cm³/mol. The minimum Gasteiger partial charge on any atom is -0.342 e. The van der Waals surface area contributed by atoms with Crippen molar-refractivity contribution in [2.75, 3.05) is 9.80 Å². The summed E-state index contributed by atoms with van der Waals surface area (Å²) in [6, 6.07) is 36.3. The first-order chi connectivity index (χ1) is 15.2. The van der Waals surface area contributed by atoms with Crippen molar-refractivity contribution in [1.29, 1.82) is 0 Å². The van der Waals surface area contributed by atoms with Crippen LogP contribution in [-0.4, -0.2) is 5.91 Å². The molecule has 0 spiro atoms. The van der Waals surface area contributed by atoms with Gasteiger partial charge in [0.25, 0.3) is 5.91 Å². The third-order valence-corrected chi connectivity index (χ3v) is 6.34. The topological polar surface area (TPSA) is 23.6 Å². The SMILES string of the molecule is O=C1c2ccccc2N(Cc2ccccc2)[C@H](c2ccccc2Br)N1c1ccccc1. The fraction of sp³-hybridized carbons (Fsp3) is 0.0741. The molecule has 0 fully saturated rings. The van der Waals surface area contributed by atoms with Crippen LogP contribution in [0.2, 0.25) is 0 Å². The van der Waals surface area contributed by atoms with Crippen LogP contribution in [-0.2, 0) is 6.54 Å². The van der Waals surface area contributed by atoms with Crippen LogP contribution >= 0.6 is 15.9 Å². The molecule has 0 radical (unpaired) electrons. The first kappa shape index (κ1) is 19.6. The minimum absolute atomic E-state index is 0.00636. The molecule has 1 atom stereocenters. The number of carbonyl (C=O) groups excluding carboxylic acids is 1. The van der Waals surface area contributed by atoms with Gasteiger partial charge >= 0.3 is 0 Å². The molecular weight excluding hydrogens is 448 g/mol. The minimum atomic E-state index is -0.291. The van der Waals surface area contributed by atoms with Gasteiger partial charge in [-0.2, -0.15) is 0 Å². The highest BCUT2D eigenvalue weighted by molar-refractivity contribution is 9.10. The second-order valence-corrected chi connectivity index (χ2v) is 8.39. The fourth-order valence-electron chi connectivity index (χ4n) is 4.21. The Bertz CT molecular complexity index is 1210. The van der Waals surface area contributed by atoms with Crippen molar-refractivity contribution in [3.05, 3.63) is 130 Å². The standard InChI is InChI=1S/C27H21BrN2O/c28-24-17-9-7-15-22(24)26-29(19-20-11-3-1-4-12-20)25-18-10-8-16-23(25)27(31)30(26)21-13-5-2-6-14-21/h1-18,26H,19H2/t26-/m0/s1. The summed E-state index contributed by atoms with van der Waals surface area (Å²) in [5.41, 5.74) is 4.78. The van der Waals surface area contributed by atoms with Crippen LogP contribution in [0.1, 0.15) is 27.7 Å². The zero-order valence-electron chi connectivity index (χ0n) is 16.9. The Morgan fingerprint density at radius 3 is 2.06 bits per heavy atom. The van der Waals surface area contributed by atoms with E-state index < -0.39 is 0 Å². The monoisotopic (exact) mass is 468 g/mol. The third kappa shape index (κ3) is 3.64. The Labute approximate surface area is 190 Å². The van der Waals surface area contributed by atoms with Gasteiger partial charge in [0.2, 0.25) is 0 Å². The van der Waals surface area contributed by atoms with E-state index in [2.05, 4.69) is 51.2 Å². The number of anilines is 2. The predicted octanol–water partition coefficient (Wildman–Crippen LogP) is 6.81. The average Bonchev–Trinajstić information content (AvgIpc) is 2.82. The average molecular weight is 469 g/mol. The number of hydrogen-bond acceptors (Lipinski definition) is 2. The van der Waals surface area contributed by atoms with Crippen LogP contribution in [0.25, 0.3) is 0 Å². The van der Waals surface area contributed by atoms with Crippen molar-refractivity contribution in [2.45, 2.75) is 12.7 Å². The molecule has 1 aliphatic rings. The number of hydrogen-bond donors (Lipinski definition) is 0. The molecule has 1 heterocycles. The van der Waals surface area contributed by atoms with E-state index in [1.54, 1.807) is 0 Å². The number of para-hydroxylation sites is 2. The molecule has 0 saturated carbocycles. The molecule has 31 heavy (non-hydrogen) atoms. The van der Waals surface area contributed by atoms with Crippen molar-refractivity contribution in [1.82, 2.24) is 0 Å². The van der Waals surface area contributed by atoms with Gasteiger partial charge in [-0.3, -0.25) is 9.69 Å². The highest BCUT2D eigenvalue weighted by atomic mass is 79.9. The fourth-order valence-corrected chi connectivity index (χ4v) is 4.70. The number of amides is 1. The molecule has 0 N–H and O–H groups in total. The van der Waals surface area contributed by atoms with E-state index in [1.807, 2.05) is 83.8 Å². The van der Waals surface area contributed by atoms with Gasteiger partial charge in [0, 0.05) is 22.3 Å². The first-order valence-corrected chi connectivity index (χ1v) is 11.1. The highest BCUT2D eigenvalue weighted by Crippen LogP contribution is 2.43. The number of benzene rings is 4. The molecule has 0 aliphatic carbocycles. The summed E-state index contributed by atoms with van der Waals surface area (Å²) < 4.78 is 0.978. The van der Waals surface area contributed by atoms with E-state index in [0.717, 1.165) is 21.4 Å². The summed E-state index contributed by atoms with van der Waals surface area (Å²) in [5.74, 6) is 0.00636. The molecular formula is C27H21BrN2O. The Morgan fingerprint density at radius 2 is 1.32 bits per heavy atom. The van der Waals surface area contributed by atoms with E-state index in [4.69, 9.17) is 0 Å². The van der Waals surface area contributed by atoms with Crippen molar-refractivity contribution in [3.8, 4) is 0 Å². The van der Waals surface area contributed by atoms with Crippen LogP contribution in [0.4, 0.5) is 11.4 Å². The molecule has 0 unspecified atom stereocenters. The summed E-state index contributed by atoms with van der Waals surface area (Å²) in [5, 5.41) is 0. The maximum Gasteiger partial charge on any atom is 0.262 e. The van der Waals surface area contributed by atoms with Gasteiger partial charge in [-0.1, -0.05) is 94.8 Å². The zero-order valence-corrected chi connectivity index (χ0v) is 18.4. The second-order valence-electron chi connectivity index (χ2n) is 7.54. The second kappa shape index (κ2) is 8.40. The van der Waals surface area contributed by atoms with Gasteiger partial charge in [0.1, 0.15) is 6.17 Å². The third-order valence-electron chi connectivity index (χ3n) is 5.62. The summed E-state index contributed by atoms with van der Waals surface area (Å²) >= 11 is 3.74. The van der Waals surface area contributed by atoms with Crippen molar-refractivity contribution >= 4 is 33.2 Å². The van der Waals surface area contributed by atoms with E-state index in [1.165, 1.54) is 5.56 Å². The lowest BCUT2D eigenvalue weighted by atomic mass is 9.99. The molecule has 4 aromatic rings. The van der Waals surface area contributed by atoms with Crippen LogP contribution in [0.5, 0.6) is 0 Å². The number of carbonyl (C=O) groups is 1. The number of nitrogens with zero attached hydrogens (tertiary/aromatic N) is 2. The maximum atomic E-state index is 13.8. The Kier molecular flexibility index (Phi) is 5.31. The zero-order chi connectivity index (χ0) is 21.2. The molecule has 3 nitrogen and oxygen atoms in total. The number of rotatable bonds is 4. The summed E-state index contributed by atoms with van der Waals surface area (Å²) in [7, 11) is 0. The molecule has 0 saturated heterocycles. The molecule has 4 aromatic carbocycles. The highest BCUT2D eigenvalue weighted by Gasteiger charge is 2.40. The summed E-state index contributed by atoms with van der Waals surface area (Å²) in [6.45, 7) is 0.681. The summed E-state index contributed by atoms with van der Waals surface area (Å²) in [4.78, 5) is 18.0. The van der Waals surface area contributed by atoms with Gasteiger partial charge in [0.15, 0.2) is 0 Å². The van der Waals surface area contributed by atoms with E-state index >= 15 is 0 Å². The van der Waals surface area contributed by atoms with E-state index in [0.29, 0.717) is 12.1 Å². The first-order valence-electron chi connectivity index (χ1n) is 10.3. The molecule has 1 aliphatic heterocycles. The van der Waals surface area contributed by atoms with Crippen LogP contribution < -0.4 is 9.80 Å². The van der Waals surface area contributed by atoms with Crippen molar-refractivity contribution in [2.24, 2.45) is 0 Å². The lowest BCUT2D eigenvalue weighted by Crippen LogP contribution is -2.49. The van der Waals surface area contributed by atoms with Gasteiger partial charge in [0.05, 0.1) is 11.3 Å². The van der Waals surface area contributed by atoms with Gasteiger partial charge < -0.3 is 4.90 Å². The molecule has 1 amide bonds. The molecule has 0 aromatic heterocycles. The lowest BCUT2D eigenvalue weighted by Gasteiger charge is -2.46. The molecule has 5 rings (SSSR count). The van der Waals surface area contributed by atoms with E-state index in [-0.39, 0.29) is 12.1 Å². The van der Waals surface area contributed by atoms with Gasteiger partial charge in [-0.05, 0) is 35.9 Å². The lowest BCUT2D eigenvalue weighted by molar-refractivity contribution is 0.0968. The Hall–Kier alpha value is -3.37. The van der Waals surface area contributed by atoms with Crippen LogP contribution in [0, 0.1) is 0 Å². The van der Waals surface area contributed by atoms with Crippen LogP contribution in [0.15, 0.2) is 114 Å². The normalized spacial score (nSPS) is 15.6. The number of halogens is 1. The molecule has 0 bridgehead atoms. The Balaban J connectivity index is 1.75.